The molecule has 3 atom stereocenters. The molecule has 2 aromatic carbocycles. The van der Waals surface area contributed by atoms with Crippen molar-refractivity contribution < 1.29 is 23.1 Å². The van der Waals surface area contributed by atoms with Crippen molar-refractivity contribution in [1.29, 1.82) is 0 Å². The summed E-state index contributed by atoms with van der Waals surface area (Å²) in [6.07, 6.45) is 1.73. The van der Waals surface area contributed by atoms with Crippen LogP contribution < -0.4 is 0 Å². The molecule has 0 spiro atoms. The van der Waals surface area contributed by atoms with Gasteiger partial charge in [0.1, 0.15) is 11.6 Å². The summed E-state index contributed by atoms with van der Waals surface area (Å²) in [5.41, 5.74) is 0.882. The number of amides is 2. The molecule has 5 rings (SSSR count). The van der Waals surface area contributed by atoms with Crippen molar-refractivity contribution >= 4 is 11.8 Å². The summed E-state index contributed by atoms with van der Waals surface area (Å²) in [6, 6.07) is 12.9. The molecule has 3 aliphatic heterocycles. The molecular weight excluding hydrogens is 438 g/mol. The second-order valence-electron chi connectivity index (χ2n) is 9.81. The fourth-order valence-electron chi connectivity index (χ4n) is 6.28. The lowest BCUT2D eigenvalue weighted by Crippen LogP contribution is -2.56. The van der Waals surface area contributed by atoms with Gasteiger partial charge in [-0.2, -0.15) is 0 Å². The summed E-state index contributed by atoms with van der Waals surface area (Å²) in [4.78, 5) is 30.3. The summed E-state index contributed by atoms with van der Waals surface area (Å²) in [5, 5.41) is 0. The van der Waals surface area contributed by atoms with Gasteiger partial charge in [-0.1, -0.05) is 24.3 Å². The first-order valence-electron chi connectivity index (χ1n) is 12.0. The average Bonchev–Trinajstić information content (AvgIpc) is 3.24. The van der Waals surface area contributed by atoms with Crippen molar-refractivity contribution in [2.24, 2.45) is 5.92 Å². The predicted molar refractivity (Wildman–Crippen MR) is 123 cm³/mol. The van der Waals surface area contributed by atoms with Gasteiger partial charge in [0.15, 0.2) is 0 Å². The largest absolute Gasteiger partial charge is 0.381 e. The molecule has 0 saturated carbocycles. The molecule has 0 radical (unpaired) electrons. The van der Waals surface area contributed by atoms with E-state index in [4.69, 9.17) is 4.74 Å². The molecule has 5 nitrogen and oxygen atoms in total. The van der Waals surface area contributed by atoms with E-state index < -0.39 is 5.41 Å². The molecule has 0 aliphatic carbocycles. The van der Waals surface area contributed by atoms with Crippen LogP contribution in [0.2, 0.25) is 0 Å². The van der Waals surface area contributed by atoms with Gasteiger partial charge in [-0.15, -0.1) is 0 Å². The maximum atomic E-state index is 14.1. The lowest BCUT2D eigenvalue weighted by atomic mass is 9.72. The molecule has 0 unspecified atom stereocenters. The van der Waals surface area contributed by atoms with Crippen molar-refractivity contribution in [3.8, 4) is 0 Å². The van der Waals surface area contributed by atoms with Gasteiger partial charge in [0.25, 0.3) is 0 Å². The van der Waals surface area contributed by atoms with Crippen molar-refractivity contribution in [3.63, 3.8) is 0 Å². The Bertz CT molecular complexity index is 1070. The minimum Gasteiger partial charge on any atom is -0.381 e. The second-order valence-corrected chi connectivity index (χ2v) is 9.81. The van der Waals surface area contributed by atoms with Crippen molar-refractivity contribution in [3.05, 3.63) is 71.3 Å². The summed E-state index contributed by atoms with van der Waals surface area (Å²) in [6.45, 7) is 4.14. The molecule has 180 valence electrons. The van der Waals surface area contributed by atoms with Crippen molar-refractivity contribution in [2.45, 2.75) is 43.6 Å². The Morgan fingerprint density at radius 3 is 2.41 bits per heavy atom. The molecule has 0 aromatic heterocycles. The van der Waals surface area contributed by atoms with Crippen molar-refractivity contribution in [1.82, 2.24) is 9.80 Å². The Morgan fingerprint density at radius 2 is 1.74 bits per heavy atom. The number of fused-ring (bicyclic) bond motifs is 1. The number of likely N-dealkylation sites (tertiary alicyclic amines) is 2. The van der Waals surface area contributed by atoms with Crippen molar-refractivity contribution in [2.75, 3.05) is 32.8 Å². The number of halogens is 2. The lowest BCUT2D eigenvalue weighted by molar-refractivity contribution is -0.144. The van der Waals surface area contributed by atoms with Gasteiger partial charge in [-0.05, 0) is 54.7 Å². The van der Waals surface area contributed by atoms with Crippen LogP contribution in [0.3, 0.4) is 0 Å². The molecule has 3 heterocycles. The van der Waals surface area contributed by atoms with Gasteiger partial charge in [0.05, 0.1) is 5.41 Å². The number of hydrogen-bond donors (Lipinski definition) is 0. The summed E-state index contributed by atoms with van der Waals surface area (Å²) in [7, 11) is 0. The topological polar surface area (TPSA) is 49.9 Å². The summed E-state index contributed by atoms with van der Waals surface area (Å²) in [5.74, 6) is -0.502. The van der Waals surface area contributed by atoms with E-state index in [0.29, 0.717) is 57.7 Å². The molecule has 0 N–H and O–H groups in total. The first kappa shape index (κ1) is 23.0. The zero-order valence-electron chi connectivity index (χ0n) is 19.4. The molecule has 2 amide bonds. The van der Waals surface area contributed by atoms with Gasteiger partial charge < -0.3 is 14.5 Å². The van der Waals surface area contributed by atoms with Crippen LogP contribution in [0.15, 0.2) is 48.5 Å². The van der Waals surface area contributed by atoms with Crippen LogP contribution in [0.1, 0.15) is 43.2 Å². The molecule has 2 aromatic rings. The number of carbonyl (C=O) groups excluding carboxylic acids is 2. The van der Waals surface area contributed by atoms with Crippen LogP contribution >= 0.6 is 0 Å². The normalized spacial score (nSPS) is 26.3. The lowest BCUT2D eigenvalue weighted by Gasteiger charge is -2.45. The third-order valence-corrected chi connectivity index (χ3v) is 8.05. The van der Waals surface area contributed by atoms with Gasteiger partial charge in [0.2, 0.25) is 11.8 Å². The smallest absolute Gasteiger partial charge is 0.233 e. The fourth-order valence-corrected chi connectivity index (χ4v) is 6.28. The zero-order valence-corrected chi connectivity index (χ0v) is 19.4. The van der Waals surface area contributed by atoms with E-state index in [2.05, 4.69) is 0 Å². The first-order chi connectivity index (χ1) is 16.4. The molecule has 34 heavy (non-hydrogen) atoms. The summed E-state index contributed by atoms with van der Waals surface area (Å²) >= 11 is 0. The van der Waals surface area contributed by atoms with Gasteiger partial charge >= 0.3 is 0 Å². The van der Waals surface area contributed by atoms with Gasteiger partial charge in [-0.25, -0.2) is 8.78 Å². The van der Waals surface area contributed by atoms with E-state index in [0.717, 1.165) is 5.56 Å². The van der Waals surface area contributed by atoms with Crippen LogP contribution in [-0.2, 0) is 19.7 Å². The molecule has 3 aliphatic rings. The monoisotopic (exact) mass is 468 g/mol. The summed E-state index contributed by atoms with van der Waals surface area (Å²) < 4.78 is 33.3. The van der Waals surface area contributed by atoms with E-state index in [9.17, 15) is 18.4 Å². The molecule has 3 saturated heterocycles. The van der Waals surface area contributed by atoms with E-state index in [1.807, 2.05) is 15.9 Å². The van der Waals surface area contributed by atoms with E-state index >= 15 is 0 Å². The van der Waals surface area contributed by atoms with Crippen LogP contribution in [0, 0.1) is 17.6 Å². The second kappa shape index (κ2) is 9.10. The first-order valence-corrected chi connectivity index (χ1v) is 12.0. The number of nitrogens with zero attached hydrogens (tertiary/aromatic N) is 2. The third kappa shape index (κ3) is 4.00. The molecular formula is C27H30F2N2O3. The minimum absolute atomic E-state index is 0.0129. The van der Waals surface area contributed by atoms with Gasteiger partial charge in [-0.3, -0.25) is 9.59 Å². The highest BCUT2D eigenvalue weighted by molar-refractivity contribution is 5.88. The minimum atomic E-state index is -0.808. The molecule has 7 heteroatoms. The van der Waals surface area contributed by atoms with Gasteiger partial charge in [0, 0.05) is 57.6 Å². The fraction of sp³-hybridized carbons (Fsp3) is 0.481. The maximum absolute atomic E-state index is 14.1. The third-order valence-electron chi connectivity index (χ3n) is 8.05. The molecule has 0 bridgehead atoms. The van der Waals surface area contributed by atoms with Crippen LogP contribution in [-0.4, -0.2) is 60.5 Å². The van der Waals surface area contributed by atoms with Crippen LogP contribution in [0.25, 0.3) is 0 Å². The Balaban J connectivity index is 1.45. The maximum Gasteiger partial charge on any atom is 0.233 e. The quantitative estimate of drug-likeness (QED) is 0.687. The highest BCUT2D eigenvalue weighted by Gasteiger charge is 2.50. The predicted octanol–water partition coefficient (Wildman–Crippen LogP) is 3.88. The van der Waals surface area contributed by atoms with Crippen LogP contribution in [0.5, 0.6) is 0 Å². The average molecular weight is 469 g/mol. The number of hydrogen-bond acceptors (Lipinski definition) is 3. The number of benzene rings is 2. The Labute approximate surface area is 198 Å². The standard InChI is InChI=1S/C27H30F2N2O3/c1-18(32)31-17-23(19-5-7-21(28)8-6-19)24-16-30(12-9-25(24)31)26(33)27(10-13-34-14-11-27)20-3-2-4-22(29)15-20/h2-8,15,23-25H,9-14,16-17H2,1H3/t23-,24-,25-/m1/s1. The van der Waals surface area contributed by atoms with Crippen LogP contribution in [0.4, 0.5) is 8.78 Å². The number of carbonyl (C=O) groups is 2. The van der Waals surface area contributed by atoms with E-state index in [1.54, 1.807) is 25.1 Å². The Kier molecular flexibility index (Phi) is 6.15. The number of piperidine rings is 1. The highest BCUT2D eigenvalue weighted by Crippen LogP contribution is 2.44. The van der Waals surface area contributed by atoms with E-state index in [1.165, 1.54) is 24.3 Å². The number of ether oxygens (including phenoxy) is 1. The SMILES string of the molecule is CC(=O)N1C[C@H](c2ccc(F)cc2)[C@H]2CN(C(=O)C3(c4cccc(F)c4)CCOCC3)CC[C@H]21. The highest BCUT2D eigenvalue weighted by atomic mass is 19.1. The zero-order chi connectivity index (χ0) is 23.9. The van der Waals surface area contributed by atoms with E-state index in [-0.39, 0.29) is 41.3 Å². The molecule has 3 fully saturated rings. The Hall–Kier alpha value is -2.80. The Morgan fingerprint density at radius 1 is 1.00 bits per heavy atom. The number of rotatable bonds is 3.